The molecular weight excluding hydrogens is 374 g/mol. The van der Waals surface area contributed by atoms with Crippen molar-refractivity contribution >= 4 is 43.2 Å². The van der Waals surface area contributed by atoms with Gasteiger partial charge in [-0.2, -0.15) is 0 Å². The fourth-order valence-corrected chi connectivity index (χ4v) is 4.36. The van der Waals surface area contributed by atoms with Crippen molar-refractivity contribution in [1.82, 2.24) is 5.32 Å². The van der Waals surface area contributed by atoms with E-state index in [2.05, 4.69) is 75.3 Å². The summed E-state index contributed by atoms with van der Waals surface area (Å²) in [6.07, 6.45) is 0. The van der Waals surface area contributed by atoms with E-state index >= 15 is 0 Å². The molecular formula is C14H15Br2NS. The first-order valence-electron chi connectivity index (χ1n) is 5.72. The van der Waals surface area contributed by atoms with Crippen LogP contribution in [0.4, 0.5) is 0 Å². The molecule has 0 spiro atoms. The standard InChI is InChI=1S/C14H15Br2NS/c1-8-5-4-6-10(13(8)16)14(17-3)11-7-12(15)18-9(11)2/h4-7,14,17H,1-3H3. The van der Waals surface area contributed by atoms with Gasteiger partial charge in [-0.25, -0.2) is 0 Å². The molecule has 1 heterocycles. The Hall–Kier alpha value is -0.160. The van der Waals surface area contributed by atoms with Crippen molar-refractivity contribution in [3.8, 4) is 0 Å². The Bertz CT molecular complexity index is 563. The Morgan fingerprint density at radius 3 is 2.44 bits per heavy atom. The fourth-order valence-electron chi connectivity index (χ4n) is 2.12. The summed E-state index contributed by atoms with van der Waals surface area (Å²) >= 11 is 9.05. The molecule has 0 aliphatic carbocycles. The molecule has 1 N–H and O–H groups in total. The van der Waals surface area contributed by atoms with Gasteiger partial charge in [-0.3, -0.25) is 0 Å². The summed E-state index contributed by atoms with van der Waals surface area (Å²) in [6, 6.07) is 8.83. The molecule has 18 heavy (non-hydrogen) atoms. The monoisotopic (exact) mass is 387 g/mol. The second-order valence-corrected chi connectivity index (χ2v) is 7.69. The van der Waals surface area contributed by atoms with E-state index in [0.717, 1.165) is 0 Å². The van der Waals surface area contributed by atoms with Crippen molar-refractivity contribution in [2.75, 3.05) is 7.05 Å². The number of hydrogen-bond donors (Lipinski definition) is 1. The van der Waals surface area contributed by atoms with Crippen LogP contribution < -0.4 is 5.32 Å². The molecule has 0 radical (unpaired) electrons. The lowest BCUT2D eigenvalue weighted by Crippen LogP contribution is -2.18. The molecule has 1 unspecified atom stereocenters. The van der Waals surface area contributed by atoms with Gasteiger partial charge in [0.15, 0.2) is 0 Å². The highest BCUT2D eigenvalue weighted by atomic mass is 79.9. The van der Waals surface area contributed by atoms with Crippen molar-refractivity contribution in [1.29, 1.82) is 0 Å². The molecule has 1 aromatic carbocycles. The molecule has 4 heteroatoms. The summed E-state index contributed by atoms with van der Waals surface area (Å²) in [5.74, 6) is 0. The van der Waals surface area contributed by atoms with Crippen LogP contribution in [-0.4, -0.2) is 7.05 Å². The van der Waals surface area contributed by atoms with Gasteiger partial charge in [-0.1, -0.05) is 34.1 Å². The van der Waals surface area contributed by atoms with Crippen LogP contribution in [0.5, 0.6) is 0 Å². The van der Waals surface area contributed by atoms with Gasteiger partial charge in [0.25, 0.3) is 0 Å². The van der Waals surface area contributed by atoms with Gasteiger partial charge in [0.05, 0.1) is 9.83 Å². The fraction of sp³-hybridized carbons (Fsp3) is 0.286. The molecule has 2 aromatic rings. The van der Waals surface area contributed by atoms with Gasteiger partial charge < -0.3 is 5.32 Å². The molecule has 0 aliphatic heterocycles. The molecule has 1 nitrogen and oxygen atoms in total. The third kappa shape index (κ3) is 2.72. The number of halogens is 2. The molecule has 0 amide bonds. The minimum absolute atomic E-state index is 0.224. The van der Waals surface area contributed by atoms with Gasteiger partial charge >= 0.3 is 0 Å². The maximum atomic E-state index is 3.70. The van der Waals surface area contributed by atoms with Crippen molar-refractivity contribution in [3.63, 3.8) is 0 Å². The van der Waals surface area contributed by atoms with Gasteiger partial charge in [0, 0.05) is 9.35 Å². The average Bonchev–Trinajstić information content (AvgIpc) is 2.65. The van der Waals surface area contributed by atoms with Crippen LogP contribution in [0.2, 0.25) is 0 Å². The molecule has 1 aromatic heterocycles. The Morgan fingerprint density at radius 1 is 1.17 bits per heavy atom. The van der Waals surface area contributed by atoms with E-state index in [1.165, 1.54) is 29.8 Å². The largest absolute Gasteiger partial charge is 0.309 e. The topological polar surface area (TPSA) is 12.0 Å². The van der Waals surface area contributed by atoms with Gasteiger partial charge in [-0.15, -0.1) is 11.3 Å². The summed E-state index contributed by atoms with van der Waals surface area (Å²) in [7, 11) is 2.00. The Kier molecular flexibility index (Phi) is 4.64. The van der Waals surface area contributed by atoms with Crippen LogP contribution in [-0.2, 0) is 0 Å². The van der Waals surface area contributed by atoms with Gasteiger partial charge in [-0.05, 0) is 59.6 Å². The summed E-state index contributed by atoms with van der Waals surface area (Å²) < 4.78 is 2.37. The van der Waals surface area contributed by atoms with Crippen LogP contribution in [0.1, 0.15) is 27.6 Å². The van der Waals surface area contributed by atoms with Crippen LogP contribution in [0.25, 0.3) is 0 Å². The lowest BCUT2D eigenvalue weighted by atomic mass is 9.98. The summed E-state index contributed by atoms with van der Waals surface area (Å²) in [6.45, 7) is 4.29. The van der Waals surface area contributed by atoms with E-state index in [1.807, 2.05) is 7.05 Å². The van der Waals surface area contributed by atoms with Crippen LogP contribution in [0.15, 0.2) is 32.5 Å². The van der Waals surface area contributed by atoms with Gasteiger partial charge in [0.2, 0.25) is 0 Å². The third-order valence-electron chi connectivity index (χ3n) is 3.06. The minimum atomic E-state index is 0.224. The van der Waals surface area contributed by atoms with E-state index in [4.69, 9.17) is 0 Å². The number of nitrogens with one attached hydrogen (secondary N) is 1. The zero-order valence-corrected chi connectivity index (χ0v) is 14.5. The first-order chi connectivity index (χ1) is 8.54. The van der Waals surface area contributed by atoms with Crippen LogP contribution in [0, 0.1) is 13.8 Å². The highest BCUT2D eigenvalue weighted by Gasteiger charge is 2.19. The first kappa shape index (κ1) is 14.3. The van der Waals surface area contributed by atoms with Crippen molar-refractivity contribution in [3.05, 3.63) is 54.1 Å². The van der Waals surface area contributed by atoms with Crippen molar-refractivity contribution in [2.45, 2.75) is 19.9 Å². The molecule has 0 fully saturated rings. The maximum absolute atomic E-state index is 3.70. The molecule has 0 saturated heterocycles. The highest BCUT2D eigenvalue weighted by molar-refractivity contribution is 9.11. The summed E-state index contributed by atoms with van der Waals surface area (Å²) in [5, 5.41) is 3.41. The van der Waals surface area contributed by atoms with Crippen molar-refractivity contribution in [2.24, 2.45) is 0 Å². The number of thiophene rings is 1. The molecule has 0 bridgehead atoms. The highest BCUT2D eigenvalue weighted by Crippen LogP contribution is 2.36. The summed E-state index contributed by atoms with van der Waals surface area (Å²) in [5.41, 5.74) is 3.88. The summed E-state index contributed by atoms with van der Waals surface area (Å²) in [4.78, 5) is 1.34. The first-order valence-corrected chi connectivity index (χ1v) is 8.13. The smallest absolute Gasteiger partial charge is 0.0704 e. The minimum Gasteiger partial charge on any atom is -0.309 e. The number of rotatable bonds is 3. The predicted molar refractivity (Wildman–Crippen MR) is 86.5 cm³/mol. The number of aryl methyl sites for hydroxylation is 2. The lowest BCUT2D eigenvalue weighted by Gasteiger charge is -2.19. The Labute approximate surface area is 129 Å². The second-order valence-electron chi connectivity index (χ2n) is 4.26. The Balaban J connectivity index is 2.52. The predicted octanol–water partition coefficient (Wildman–Crippen LogP) is 5.20. The van der Waals surface area contributed by atoms with E-state index in [-0.39, 0.29) is 6.04 Å². The van der Waals surface area contributed by atoms with Crippen molar-refractivity contribution < 1.29 is 0 Å². The Morgan fingerprint density at radius 2 is 1.89 bits per heavy atom. The zero-order chi connectivity index (χ0) is 13.3. The van der Waals surface area contributed by atoms with E-state index in [0.29, 0.717) is 0 Å². The lowest BCUT2D eigenvalue weighted by molar-refractivity contribution is 0.687. The molecule has 1 atom stereocenters. The number of hydrogen-bond acceptors (Lipinski definition) is 2. The number of benzene rings is 1. The van der Waals surface area contributed by atoms with Crippen LogP contribution in [0.3, 0.4) is 0 Å². The zero-order valence-electron chi connectivity index (χ0n) is 10.6. The maximum Gasteiger partial charge on any atom is 0.0704 e. The second kappa shape index (κ2) is 5.87. The van der Waals surface area contributed by atoms with Crippen LogP contribution >= 0.6 is 43.2 Å². The molecule has 2 rings (SSSR count). The molecule has 96 valence electrons. The van der Waals surface area contributed by atoms with Gasteiger partial charge in [0.1, 0.15) is 0 Å². The average molecular weight is 389 g/mol. The third-order valence-corrected chi connectivity index (χ3v) is 5.71. The molecule has 0 aliphatic rings. The molecule has 0 saturated carbocycles. The van der Waals surface area contributed by atoms with E-state index in [9.17, 15) is 0 Å². The SMILES string of the molecule is CNC(c1cc(Br)sc1C)c1cccc(C)c1Br. The normalized spacial score (nSPS) is 12.7. The quantitative estimate of drug-likeness (QED) is 0.761. The van der Waals surface area contributed by atoms with E-state index < -0.39 is 0 Å². The van der Waals surface area contributed by atoms with E-state index in [1.54, 1.807) is 11.3 Å².